The third kappa shape index (κ3) is 4.07. The summed E-state index contributed by atoms with van der Waals surface area (Å²) in [6.45, 7) is 3.66. The van der Waals surface area contributed by atoms with Gasteiger partial charge < -0.3 is 4.74 Å². The molecule has 6 heteroatoms. The van der Waals surface area contributed by atoms with Gasteiger partial charge in [-0.1, -0.05) is 42.8 Å². The zero-order chi connectivity index (χ0) is 17.0. The van der Waals surface area contributed by atoms with Crippen LogP contribution in [0, 0.1) is 10.1 Å². The molecule has 0 aliphatic heterocycles. The van der Waals surface area contributed by atoms with Crippen molar-refractivity contribution >= 4 is 23.1 Å². The van der Waals surface area contributed by atoms with E-state index < -0.39 is 11.0 Å². The van der Waals surface area contributed by atoms with E-state index in [2.05, 4.69) is 0 Å². The van der Waals surface area contributed by atoms with Crippen molar-refractivity contribution in [1.82, 2.24) is 0 Å². The van der Waals surface area contributed by atoms with Crippen LogP contribution in [-0.2, 0) is 6.42 Å². The second-order valence-corrected chi connectivity index (χ2v) is 5.45. The topological polar surface area (TPSA) is 69.4 Å². The molecule has 0 fully saturated rings. The highest BCUT2D eigenvalue weighted by Gasteiger charge is 2.19. The number of non-ortho nitro benzene ring substituents is 1. The molecule has 0 aromatic heterocycles. The van der Waals surface area contributed by atoms with Crippen LogP contribution in [0.1, 0.15) is 29.8 Å². The lowest BCUT2D eigenvalue weighted by atomic mass is 10.0. The fraction of sp³-hybridized carbons (Fsp3) is 0.235. The Morgan fingerprint density at radius 2 is 1.91 bits per heavy atom. The maximum Gasteiger partial charge on any atom is 0.271 e. The SMILES string of the molecule is CCc1ccc(C(=O)[C@@H](C)Oc2ccc([N+](=O)[O-])cc2Cl)cc1. The van der Waals surface area contributed by atoms with Crippen molar-refractivity contribution in [3.63, 3.8) is 0 Å². The normalized spacial score (nSPS) is 11.8. The molecule has 2 aromatic rings. The molecule has 0 aliphatic rings. The van der Waals surface area contributed by atoms with Gasteiger partial charge in [0.1, 0.15) is 5.75 Å². The first kappa shape index (κ1) is 17.0. The number of nitrogens with zero attached hydrogens (tertiary/aromatic N) is 1. The van der Waals surface area contributed by atoms with Crippen LogP contribution in [0.3, 0.4) is 0 Å². The van der Waals surface area contributed by atoms with Crippen LogP contribution in [0.25, 0.3) is 0 Å². The summed E-state index contributed by atoms with van der Waals surface area (Å²) in [5, 5.41) is 10.8. The molecule has 120 valence electrons. The van der Waals surface area contributed by atoms with Crippen molar-refractivity contribution in [3.05, 3.63) is 68.7 Å². The van der Waals surface area contributed by atoms with Crippen molar-refractivity contribution < 1.29 is 14.5 Å². The van der Waals surface area contributed by atoms with Gasteiger partial charge in [0, 0.05) is 17.7 Å². The maximum absolute atomic E-state index is 12.4. The van der Waals surface area contributed by atoms with Crippen LogP contribution in [0.15, 0.2) is 42.5 Å². The number of halogens is 1. The largest absolute Gasteiger partial charge is 0.481 e. The fourth-order valence-electron chi connectivity index (χ4n) is 2.08. The van der Waals surface area contributed by atoms with Crippen LogP contribution < -0.4 is 4.74 Å². The van der Waals surface area contributed by atoms with Crippen LogP contribution >= 0.6 is 11.6 Å². The average Bonchev–Trinajstić information content (AvgIpc) is 2.55. The highest BCUT2D eigenvalue weighted by Crippen LogP contribution is 2.29. The van der Waals surface area contributed by atoms with Gasteiger partial charge in [-0.2, -0.15) is 0 Å². The van der Waals surface area contributed by atoms with Gasteiger partial charge in [0.2, 0.25) is 5.78 Å². The summed E-state index contributed by atoms with van der Waals surface area (Å²) in [6, 6.07) is 11.2. The first-order valence-electron chi connectivity index (χ1n) is 7.16. The standard InChI is InChI=1S/C17H16ClNO4/c1-3-12-4-6-13(7-5-12)17(20)11(2)23-16-9-8-14(19(21)22)10-15(16)18/h4-11H,3H2,1-2H3/t11-/m1/s1. The van der Waals surface area contributed by atoms with E-state index in [0.29, 0.717) is 5.56 Å². The molecule has 0 amide bonds. The van der Waals surface area contributed by atoms with Gasteiger partial charge in [-0.05, 0) is 25.0 Å². The number of hydrogen-bond donors (Lipinski definition) is 0. The van der Waals surface area contributed by atoms with Crippen molar-refractivity contribution in [3.8, 4) is 5.75 Å². The summed E-state index contributed by atoms with van der Waals surface area (Å²) in [6.07, 6.45) is 0.153. The van der Waals surface area contributed by atoms with Gasteiger partial charge in [0.25, 0.3) is 5.69 Å². The smallest absolute Gasteiger partial charge is 0.271 e. The Morgan fingerprint density at radius 1 is 1.26 bits per heavy atom. The molecule has 0 bridgehead atoms. The third-order valence-electron chi connectivity index (χ3n) is 3.45. The van der Waals surface area contributed by atoms with E-state index in [0.717, 1.165) is 12.0 Å². The number of nitro benzene ring substituents is 1. The van der Waals surface area contributed by atoms with Gasteiger partial charge in [-0.15, -0.1) is 0 Å². The number of ether oxygens (including phenoxy) is 1. The summed E-state index contributed by atoms with van der Waals surface area (Å²) in [5.41, 5.74) is 1.57. The Labute approximate surface area is 139 Å². The van der Waals surface area contributed by atoms with E-state index in [1.165, 1.54) is 18.2 Å². The van der Waals surface area contributed by atoms with E-state index in [-0.39, 0.29) is 22.2 Å². The molecular formula is C17H16ClNO4. The Kier molecular flexibility index (Phi) is 5.34. The zero-order valence-corrected chi connectivity index (χ0v) is 13.5. The second kappa shape index (κ2) is 7.24. The summed E-state index contributed by atoms with van der Waals surface area (Å²) >= 11 is 5.97. The molecule has 2 aromatic carbocycles. The molecule has 0 N–H and O–H groups in total. The molecular weight excluding hydrogens is 318 g/mol. The summed E-state index contributed by atoms with van der Waals surface area (Å²) < 4.78 is 5.55. The van der Waals surface area contributed by atoms with Crippen LogP contribution in [0.2, 0.25) is 5.02 Å². The van der Waals surface area contributed by atoms with Gasteiger partial charge in [-0.25, -0.2) is 0 Å². The minimum Gasteiger partial charge on any atom is -0.481 e. The van der Waals surface area contributed by atoms with E-state index in [9.17, 15) is 14.9 Å². The Morgan fingerprint density at radius 3 is 2.43 bits per heavy atom. The fourth-order valence-corrected chi connectivity index (χ4v) is 2.30. The first-order chi connectivity index (χ1) is 10.9. The summed E-state index contributed by atoms with van der Waals surface area (Å²) in [4.78, 5) is 22.5. The molecule has 0 spiro atoms. The monoisotopic (exact) mass is 333 g/mol. The number of Topliss-reactive ketones (excluding diaryl/α,β-unsaturated/α-hetero) is 1. The second-order valence-electron chi connectivity index (χ2n) is 5.05. The molecule has 0 radical (unpaired) electrons. The number of benzene rings is 2. The number of nitro groups is 1. The van der Waals surface area contributed by atoms with Crippen LogP contribution in [0.4, 0.5) is 5.69 Å². The number of carbonyl (C=O) groups is 1. The molecule has 2 rings (SSSR count). The Hall–Kier alpha value is -2.40. The van der Waals surface area contributed by atoms with E-state index >= 15 is 0 Å². The number of ketones is 1. The van der Waals surface area contributed by atoms with Gasteiger partial charge in [-0.3, -0.25) is 14.9 Å². The van der Waals surface area contributed by atoms with Gasteiger partial charge in [0.15, 0.2) is 6.10 Å². The lowest BCUT2D eigenvalue weighted by molar-refractivity contribution is -0.384. The number of hydrogen-bond acceptors (Lipinski definition) is 4. The van der Waals surface area contributed by atoms with Crippen LogP contribution in [0.5, 0.6) is 5.75 Å². The highest BCUT2D eigenvalue weighted by atomic mass is 35.5. The van der Waals surface area contributed by atoms with Crippen molar-refractivity contribution in [2.24, 2.45) is 0 Å². The lowest BCUT2D eigenvalue weighted by Crippen LogP contribution is -2.24. The van der Waals surface area contributed by atoms with E-state index in [4.69, 9.17) is 16.3 Å². The third-order valence-corrected chi connectivity index (χ3v) is 3.74. The molecule has 0 saturated carbocycles. The predicted molar refractivity (Wildman–Crippen MR) is 88.3 cm³/mol. The van der Waals surface area contributed by atoms with Crippen molar-refractivity contribution in [2.75, 3.05) is 0 Å². The average molecular weight is 334 g/mol. The number of rotatable bonds is 6. The molecule has 5 nitrogen and oxygen atoms in total. The number of carbonyl (C=O) groups excluding carboxylic acids is 1. The molecule has 0 saturated heterocycles. The minimum atomic E-state index is -0.749. The van der Waals surface area contributed by atoms with E-state index in [1.54, 1.807) is 19.1 Å². The highest BCUT2D eigenvalue weighted by molar-refractivity contribution is 6.32. The Balaban J connectivity index is 2.12. The van der Waals surface area contributed by atoms with E-state index in [1.807, 2.05) is 19.1 Å². The van der Waals surface area contributed by atoms with Gasteiger partial charge in [0.05, 0.1) is 9.95 Å². The quantitative estimate of drug-likeness (QED) is 0.444. The molecule has 23 heavy (non-hydrogen) atoms. The number of aryl methyl sites for hydroxylation is 1. The van der Waals surface area contributed by atoms with Gasteiger partial charge >= 0.3 is 0 Å². The van der Waals surface area contributed by atoms with Crippen molar-refractivity contribution in [1.29, 1.82) is 0 Å². The maximum atomic E-state index is 12.4. The molecule has 0 heterocycles. The molecule has 0 aliphatic carbocycles. The predicted octanol–water partition coefficient (Wildman–Crippen LogP) is 4.46. The Bertz CT molecular complexity index is 728. The van der Waals surface area contributed by atoms with Crippen LogP contribution in [-0.4, -0.2) is 16.8 Å². The molecule has 1 atom stereocenters. The zero-order valence-electron chi connectivity index (χ0n) is 12.8. The molecule has 0 unspecified atom stereocenters. The minimum absolute atomic E-state index is 0.0974. The summed E-state index contributed by atoms with van der Waals surface area (Å²) in [7, 11) is 0. The first-order valence-corrected chi connectivity index (χ1v) is 7.54. The lowest BCUT2D eigenvalue weighted by Gasteiger charge is -2.15. The van der Waals surface area contributed by atoms with Crippen molar-refractivity contribution in [2.45, 2.75) is 26.4 Å². The summed E-state index contributed by atoms with van der Waals surface area (Å²) in [5.74, 6) is 0.0605.